The first-order valence-electron chi connectivity index (χ1n) is 21.2. The van der Waals surface area contributed by atoms with Gasteiger partial charge in [-0.15, -0.1) is 0 Å². The van der Waals surface area contributed by atoms with Gasteiger partial charge >= 0.3 is 18.2 Å². The molecule has 2 saturated heterocycles. The van der Waals surface area contributed by atoms with Crippen LogP contribution in [0.25, 0.3) is 0 Å². The number of carbonyl (C=O) groups is 3. The monoisotopic (exact) mass is 873 g/mol. The van der Waals surface area contributed by atoms with Gasteiger partial charge in [-0.2, -0.15) is 0 Å². The van der Waals surface area contributed by atoms with Crippen molar-refractivity contribution in [3.63, 3.8) is 0 Å². The number of halogens is 2. The summed E-state index contributed by atoms with van der Waals surface area (Å²) in [6.45, 7) is 12.2. The highest BCUT2D eigenvalue weighted by atomic mass is 19.1. The minimum atomic E-state index is -1.14. The molecule has 0 radical (unpaired) electrons. The maximum atomic E-state index is 13.6. The van der Waals surface area contributed by atoms with Crippen molar-refractivity contribution in [1.29, 1.82) is 0 Å². The highest BCUT2D eigenvalue weighted by Gasteiger charge is 2.44. The third kappa shape index (κ3) is 15.7. The van der Waals surface area contributed by atoms with E-state index in [0.29, 0.717) is 31.6 Å². The number of likely N-dealkylation sites (tertiary alicyclic amines) is 2. The van der Waals surface area contributed by atoms with Gasteiger partial charge in [0.05, 0.1) is 50.7 Å². The van der Waals surface area contributed by atoms with Gasteiger partial charge in [-0.05, 0) is 88.8 Å². The minimum Gasteiger partial charge on any atom is -0.459 e. The van der Waals surface area contributed by atoms with E-state index < -0.39 is 65.2 Å². The SMILES string of the molecule is CC(C)(C)OC(=O)N1C[C@H](OCc2ccccc2)C[C@@H]1C(=O)OCc1ccccc1.CC(C)(C)OC(=O)N1C[C@H](OCc2ccccc2)C[C@@H]1[C@@H](O)[C@@H](N)Cc1cc(F)cc(F)c1. The predicted octanol–water partition coefficient (Wildman–Crippen LogP) is 8.11. The van der Waals surface area contributed by atoms with Crippen molar-refractivity contribution in [2.75, 3.05) is 13.1 Å². The lowest BCUT2D eigenvalue weighted by atomic mass is 9.95. The summed E-state index contributed by atoms with van der Waals surface area (Å²) < 4.78 is 55.6. The summed E-state index contributed by atoms with van der Waals surface area (Å²) in [6, 6.07) is 29.8. The first-order chi connectivity index (χ1) is 29.8. The maximum absolute atomic E-state index is 13.6. The molecular weight excluding hydrogens is 813 g/mol. The zero-order valence-corrected chi connectivity index (χ0v) is 37.0. The Bertz CT molecular complexity index is 2050. The summed E-state index contributed by atoms with van der Waals surface area (Å²) in [5.74, 6) is -1.87. The zero-order valence-electron chi connectivity index (χ0n) is 37.0. The molecule has 12 nitrogen and oxygen atoms in total. The van der Waals surface area contributed by atoms with Crippen molar-refractivity contribution in [3.8, 4) is 0 Å². The number of carbonyl (C=O) groups excluding carboxylic acids is 3. The quantitative estimate of drug-likeness (QED) is 0.0997. The van der Waals surface area contributed by atoms with Crippen LogP contribution in [-0.4, -0.2) is 93.8 Å². The maximum Gasteiger partial charge on any atom is 0.411 e. The first-order valence-corrected chi connectivity index (χ1v) is 21.2. The van der Waals surface area contributed by atoms with Crippen molar-refractivity contribution in [3.05, 3.63) is 143 Å². The van der Waals surface area contributed by atoms with E-state index in [2.05, 4.69) is 0 Å². The average Bonchev–Trinajstić information content (AvgIpc) is 3.86. The summed E-state index contributed by atoms with van der Waals surface area (Å²) in [5, 5.41) is 11.0. The number of rotatable bonds is 13. The number of ether oxygens (including phenoxy) is 5. The zero-order chi connectivity index (χ0) is 45.7. The molecule has 14 heteroatoms. The van der Waals surface area contributed by atoms with E-state index in [0.717, 1.165) is 22.8 Å². The van der Waals surface area contributed by atoms with Crippen LogP contribution in [0.3, 0.4) is 0 Å². The smallest absolute Gasteiger partial charge is 0.411 e. The molecule has 4 aromatic rings. The predicted molar refractivity (Wildman–Crippen MR) is 233 cm³/mol. The molecule has 0 aliphatic carbocycles. The highest BCUT2D eigenvalue weighted by molar-refractivity contribution is 5.82. The molecule has 2 fully saturated rings. The lowest BCUT2D eigenvalue weighted by Crippen LogP contribution is -2.52. The Morgan fingerprint density at radius 2 is 1.08 bits per heavy atom. The number of nitrogens with zero attached hydrogens (tertiary/aromatic N) is 2. The van der Waals surface area contributed by atoms with Gasteiger partial charge in [-0.3, -0.25) is 9.80 Å². The molecule has 6 rings (SSSR count). The van der Waals surface area contributed by atoms with Crippen molar-refractivity contribution in [2.24, 2.45) is 5.73 Å². The van der Waals surface area contributed by atoms with Crippen LogP contribution in [0, 0.1) is 11.6 Å². The van der Waals surface area contributed by atoms with Crippen molar-refractivity contribution in [1.82, 2.24) is 9.80 Å². The normalized spacial score (nSPS) is 19.7. The Labute approximate surface area is 369 Å². The fourth-order valence-electron chi connectivity index (χ4n) is 7.27. The number of hydrogen-bond acceptors (Lipinski definition) is 10. The lowest BCUT2D eigenvalue weighted by molar-refractivity contribution is -0.150. The molecule has 4 aromatic carbocycles. The van der Waals surface area contributed by atoms with Crippen molar-refractivity contribution >= 4 is 18.2 Å². The number of aliphatic hydroxyl groups excluding tert-OH is 1. The van der Waals surface area contributed by atoms with Crippen molar-refractivity contribution < 1.29 is 52.0 Å². The molecule has 0 aromatic heterocycles. The molecule has 0 bridgehead atoms. The summed E-state index contributed by atoms with van der Waals surface area (Å²) in [7, 11) is 0. The molecule has 6 atom stereocenters. The first kappa shape index (κ1) is 48.6. The van der Waals surface area contributed by atoms with E-state index in [1.165, 1.54) is 21.9 Å². The van der Waals surface area contributed by atoms with E-state index in [9.17, 15) is 28.3 Å². The fraction of sp³-hybridized carbons (Fsp3) is 0.449. The minimum absolute atomic E-state index is 0.0457. The largest absolute Gasteiger partial charge is 0.459 e. The Morgan fingerprint density at radius 3 is 1.56 bits per heavy atom. The summed E-state index contributed by atoms with van der Waals surface area (Å²) in [5.41, 5.74) is 8.11. The van der Waals surface area contributed by atoms with Gasteiger partial charge in [0.25, 0.3) is 0 Å². The molecule has 0 spiro atoms. The van der Waals surface area contributed by atoms with Gasteiger partial charge in [-0.1, -0.05) is 91.0 Å². The number of hydrogen-bond donors (Lipinski definition) is 2. The third-order valence-corrected chi connectivity index (χ3v) is 10.2. The van der Waals surface area contributed by atoms with Gasteiger partial charge < -0.3 is 34.5 Å². The summed E-state index contributed by atoms with van der Waals surface area (Å²) >= 11 is 0. The second-order valence-corrected chi connectivity index (χ2v) is 17.9. The van der Waals surface area contributed by atoms with Crippen LogP contribution in [0.2, 0.25) is 0 Å². The fourth-order valence-corrected chi connectivity index (χ4v) is 7.27. The molecule has 0 unspecified atom stereocenters. The van der Waals surface area contributed by atoms with Gasteiger partial charge in [0.2, 0.25) is 0 Å². The molecule has 0 saturated carbocycles. The number of benzene rings is 4. The lowest BCUT2D eigenvalue weighted by Gasteiger charge is -2.33. The second kappa shape index (κ2) is 22.3. The summed E-state index contributed by atoms with van der Waals surface area (Å²) in [6.07, 6.45) is -2.06. The Hall–Kier alpha value is -5.41. The van der Waals surface area contributed by atoms with Crippen LogP contribution in [-0.2, 0) is 54.7 Å². The second-order valence-electron chi connectivity index (χ2n) is 17.9. The molecular formula is C49H61F2N3O9. The standard InChI is InChI=1S/C25H32F2N2O4.C24H29NO5/c1-25(2,3)33-24(31)29-14-20(32-15-16-7-5-4-6-8-16)13-22(29)23(30)21(28)11-17-9-18(26)12-19(27)10-17;1-24(2,3)30-23(27)25-15-20(28-16-18-10-6-4-7-11-18)14-21(25)22(26)29-17-19-12-8-5-9-13-19/h4-10,12,20-23,30H,11,13-15,28H2,1-3H3;4-13,20-21H,14-17H2,1-3H3/t20-,21+,22-,23+;20-,21-/m11/s1. The number of nitrogens with two attached hydrogens (primary N) is 1. The van der Waals surface area contributed by atoms with E-state index in [1.807, 2.05) is 91.0 Å². The Balaban J connectivity index is 0.000000239. The molecule has 2 amide bonds. The average molecular weight is 874 g/mol. The topological polar surface area (TPSA) is 150 Å². The third-order valence-electron chi connectivity index (χ3n) is 10.2. The van der Waals surface area contributed by atoms with E-state index in [1.54, 1.807) is 41.5 Å². The van der Waals surface area contributed by atoms with Crippen LogP contribution in [0.15, 0.2) is 109 Å². The molecule has 2 aliphatic rings. The summed E-state index contributed by atoms with van der Waals surface area (Å²) in [4.78, 5) is 41.2. The van der Waals surface area contributed by atoms with E-state index >= 15 is 0 Å². The molecule has 2 aliphatic heterocycles. The number of amides is 2. The van der Waals surface area contributed by atoms with Crippen LogP contribution in [0.1, 0.15) is 76.6 Å². The van der Waals surface area contributed by atoms with Gasteiger partial charge in [0.15, 0.2) is 0 Å². The van der Waals surface area contributed by atoms with Gasteiger partial charge in [0, 0.05) is 18.5 Å². The van der Waals surface area contributed by atoms with Crippen LogP contribution >= 0.6 is 0 Å². The molecule has 340 valence electrons. The molecule has 2 heterocycles. The van der Waals surface area contributed by atoms with Gasteiger partial charge in [0.1, 0.15) is 35.5 Å². The Morgan fingerprint density at radius 1 is 0.651 bits per heavy atom. The van der Waals surface area contributed by atoms with E-state index in [-0.39, 0.29) is 38.3 Å². The Kier molecular flexibility index (Phi) is 17.2. The number of esters is 1. The molecule has 3 N–H and O–H groups in total. The van der Waals surface area contributed by atoms with Crippen molar-refractivity contribution in [2.45, 2.75) is 128 Å². The highest BCUT2D eigenvalue weighted by Crippen LogP contribution is 2.29. The molecule has 63 heavy (non-hydrogen) atoms. The van der Waals surface area contributed by atoms with Crippen LogP contribution in [0.4, 0.5) is 18.4 Å². The van der Waals surface area contributed by atoms with Crippen LogP contribution < -0.4 is 5.73 Å². The van der Waals surface area contributed by atoms with E-state index in [4.69, 9.17) is 29.4 Å². The van der Waals surface area contributed by atoms with Crippen LogP contribution in [0.5, 0.6) is 0 Å². The number of aliphatic hydroxyl groups is 1. The van der Waals surface area contributed by atoms with Gasteiger partial charge in [-0.25, -0.2) is 23.2 Å².